The lowest BCUT2D eigenvalue weighted by Gasteiger charge is -2.16. The Morgan fingerprint density at radius 3 is 2.31 bits per heavy atom. The van der Waals surface area contributed by atoms with Crippen molar-refractivity contribution < 1.29 is 19.5 Å². The second-order valence-electron chi connectivity index (χ2n) is 6.46. The molecule has 2 N–H and O–H groups in total. The van der Waals surface area contributed by atoms with Crippen molar-refractivity contribution in [3.63, 3.8) is 0 Å². The Kier molecular flexibility index (Phi) is 8.08. The molecule has 0 bridgehead atoms. The average molecular weight is 361 g/mol. The molecule has 2 aliphatic heterocycles. The zero-order valence-electron chi connectivity index (χ0n) is 15.0. The van der Waals surface area contributed by atoms with Crippen LogP contribution in [0.2, 0.25) is 0 Å². The predicted octanol–water partition coefficient (Wildman–Crippen LogP) is 1.51. The molecule has 4 amide bonds. The molecule has 0 radical (unpaired) electrons. The predicted molar refractivity (Wildman–Crippen MR) is 97.1 cm³/mol. The molecule has 1 aromatic carbocycles. The van der Waals surface area contributed by atoms with Crippen LogP contribution in [0.4, 0.5) is 4.79 Å². The number of aliphatic hydroxyl groups is 1. The molecule has 2 saturated heterocycles. The highest BCUT2D eigenvalue weighted by Crippen LogP contribution is 2.11. The maximum Gasteiger partial charge on any atom is 0.324 e. The van der Waals surface area contributed by atoms with Crippen molar-refractivity contribution in [1.82, 2.24) is 15.1 Å². The molecular formula is C19H27N3O4. The normalized spacial score (nSPS) is 16.3. The first-order valence-corrected chi connectivity index (χ1v) is 9.11. The number of rotatable bonds is 6. The minimum atomic E-state index is -0.314. The summed E-state index contributed by atoms with van der Waals surface area (Å²) in [6, 6.07) is 9.21. The minimum absolute atomic E-state index is 0.140. The Hall–Kier alpha value is -2.41. The van der Waals surface area contributed by atoms with Gasteiger partial charge in [0.25, 0.3) is 0 Å². The zero-order chi connectivity index (χ0) is 18.8. The molecule has 7 nitrogen and oxygen atoms in total. The van der Waals surface area contributed by atoms with E-state index in [0.29, 0.717) is 13.0 Å². The summed E-state index contributed by atoms with van der Waals surface area (Å²) >= 11 is 0. The van der Waals surface area contributed by atoms with Gasteiger partial charge in [-0.1, -0.05) is 30.3 Å². The maximum absolute atomic E-state index is 11.7. The molecule has 2 fully saturated rings. The molecule has 1 aromatic rings. The summed E-state index contributed by atoms with van der Waals surface area (Å²) in [5.41, 5.74) is 0.965. The Labute approximate surface area is 154 Å². The number of nitrogens with one attached hydrogen (secondary N) is 1. The van der Waals surface area contributed by atoms with Gasteiger partial charge in [0.1, 0.15) is 6.54 Å². The summed E-state index contributed by atoms with van der Waals surface area (Å²) in [6.45, 7) is 2.62. The summed E-state index contributed by atoms with van der Waals surface area (Å²) in [5.74, 6) is -0.0254. The number of carbonyl (C=O) groups is 3. The van der Waals surface area contributed by atoms with Crippen molar-refractivity contribution >= 4 is 17.8 Å². The number of aliphatic hydroxyl groups excluding tert-OH is 1. The second-order valence-corrected chi connectivity index (χ2v) is 6.46. The highest BCUT2D eigenvalue weighted by molar-refractivity contribution is 6.01. The number of carbonyl (C=O) groups excluding carboxylic acids is 3. The van der Waals surface area contributed by atoms with Crippen molar-refractivity contribution in [2.24, 2.45) is 0 Å². The minimum Gasteiger partial charge on any atom is -0.392 e. The fraction of sp³-hybridized carbons (Fsp3) is 0.526. The number of urea groups is 1. The van der Waals surface area contributed by atoms with E-state index in [2.05, 4.69) is 5.32 Å². The molecule has 2 aliphatic rings. The molecular weight excluding hydrogens is 334 g/mol. The lowest BCUT2D eigenvalue weighted by Crippen LogP contribution is -2.30. The maximum atomic E-state index is 11.7. The number of hydrogen-bond acceptors (Lipinski definition) is 4. The van der Waals surface area contributed by atoms with Gasteiger partial charge >= 0.3 is 6.03 Å². The smallest absolute Gasteiger partial charge is 0.324 e. The van der Waals surface area contributed by atoms with Crippen LogP contribution in [0.3, 0.4) is 0 Å². The third-order valence-electron chi connectivity index (χ3n) is 4.42. The molecule has 0 saturated carbocycles. The summed E-state index contributed by atoms with van der Waals surface area (Å²) in [5, 5.41) is 10.8. The Bertz CT molecular complexity index is 600. The highest BCUT2D eigenvalue weighted by atomic mass is 16.3. The monoisotopic (exact) mass is 361 g/mol. The van der Waals surface area contributed by atoms with E-state index in [1.807, 2.05) is 35.2 Å². The number of unbranched alkanes of at least 4 members (excludes halogenated alkanes) is 1. The highest BCUT2D eigenvalue weighted by Gasteiger charge is 2.25. The second kappa shape index (κ2) is 10.6. The van der Waals surface area contributed by atoms with Gasteiger partial charge in [0, 0.05) is 26.1 Å². The number of amides is 4. The number of imide groups is 1. The van der Waals surface area contributed by atoms with Gasteiger partial charge in [0.2, 0.25) is 11.8 Å². The molecule has 0 spiro atoms. The number of nitrogens with zero attached hydrogens (tertiary/aromatic N) is 2. The first-order valence-electron chi connectivity index (χ1n) is 9.11. The van der Waals surface area contributed by atoms with Gasteiger partial charge in [-0.25, -0.2) is 4.79 Å². The van der Waals surface area contributed by atoms with Crippen LogP contribution in [-0.4, -0.2) is 58.9 Å². The molecule has 3 rings (SSSR count). The molecule has 0 atom stereocenters. The quantitative estimate of drug-likeness (QED) is 0.594. The van der Waals surface area contributed by atoms with Crippen LogP contribution in [0.25, 0.3) is 0 Å². The molecule has 7 heteroatoms. The van der Waals surface area contributed by atoms with Crippen LogP contribution < -0.4 is 5.32 Å². The average Bonchev–Trinajstić information content (AvgIpc) is 3.30. The standard InChI is InChI=1S/C12H19N3O3.C7H8O/c16-10-9-15(12(18)13-10)8-2-1-5-11(17)14-6-3-4-7-14;8-6-7-4-2-1-3-5-7/h1-9H2,(H,13,16,18);1-5,8H,6H2. The molecule has 0 aromatic heterocycles. The fourth-order valence-corrected chi connectivity index (χ4v) is 2.95. The molecule has 142 valence electrons. The summed E-state index contributed by atoms with van der Waals surface area (Å²) < 4.78 is 0. The van der Waals surface area contributed by atoms with E-state index in [9.17, 15) is 14.4 Å². The molecule has 0 unspecified atom stereocenters. The van der Waals surface area contributed by atoms with Gasteiger partial charge in [-0.2, -0.15) is 0 Å². The van der Waals surface area contributed by atoms with E-state index in [0.717, 1.165) is 44.3 Å². The van der Waals surface area contributed by atoms with Gasteiger partial charge in [0.05, 0.1) is 6.61 Å². The topological polar surface area (TPSA) is 90.0 Å². The van der Waals surface area contributed by atoms with Crippen LogP contribution in [0.1, 0.15) is 37.7 Å². The van der Waals surface area contributed by atoms with Gasteiger partial charge in [-0.3, -0.25) is 14.9 Å². The molecule has 26 heavy (non-hydrogen) atoms. The Balaban J connectivity index is 0.000000254. The van der Waals surface area contributed by atoms with Crippen LogP contribution in [0.5, 0.6) is 0 Å². The lowest BCUT2D eigenvalue weighted by molar-refractivity contribution is -0.130. The largest absolute Gasteiger partial charge is 0.392 e. The van der Waals surface area contributed by atoms with Gasteiger partial charge in [-0.15, -0.1) is 0 Å². The van der Waals surface area contributed by atoms with Crippen LogP contribution in [-0.2, 0) is 16.2 Å². The van der Waals surface area contributed by atoms with Crippen molar-refractivity contribution in [1.29, 1.82) is 0 Å². The van der Waals surface area contributed by atoms with Crippen LogP contribution >= 0.6 is 0 Å². The van der Waals surface area contributed by atoms with E-state index >= 15 is 0 Å². The van der Waals surface area contributed by atoms with Gasteiger partial charge in [-0.05, 0) is 31.2 Å². The lowest BCUT2D eigenvalue weighted by atomic mass is 10.2. The van der Waals surface area contributed by atoms with Crippen molar-refractivity contribution in [2.45, 2.75) is 38.7 Å². The summed E-state index contributed by atoms with van der Waals surface area (Å²) in [6.07, 6.45) is 4.31. The molecule has 2 heterocycles. The van der Waals surface area contributed by atoms with Crippen molar-refractivity contribution in [3.05, 3.63) is 35.9 Å². The first-order chi connectivity index (χ1) is 12.6. The van der Waals surface area contributed by atoms with Gasteiger partial charge < -0.3 is 14.9 Å². The van der Waals surface area contributed by atoms with E-state index in [-0.39, 0.29) is 31.0 Å². The van der Waals surface area contributed by atoms with Crippen molar-refractivity contribution in [3.8, 4) is 0 Å². The van der Waals surface area contributed by atoms with Crippen LogP contribution in [0, 0.1) is 0 Å². The zero-order valence-corrected chi connectivity index (χ0v) is 15.0. The number of hydrogen-bond donors (Lipinski definition) is 2. The van der Waals surface area contributed by atoms with E-state index in [4.69, 9.17) is 5.11 Å². The van der Waals surface area contributed by atoms with Crippen LogP contribution in [0.15, 0.2) is 30.3 Å². The SMILES string of the molecule is O=C1CN(CCCCC(=O)N2CCCC2)C(=O)N1.OCc1ccccc1. The Morgan fingerprint density at radius 1 is 1.08 bits per heavy atom. The third-order valence-corrected chi connectivity index (χ3v) is 4.42. The van der Waals surface area contributed by atoms with E-state index in [1.165, 1.54) is 4.90 Å². The third kappa shape index (κ3) is 6.48. The first kappa shape index (κ1) is 19.9. The summed E-state index contributed by atoms with van der Waals surface area (Å²) in [4.78, 5) is 37.3. The number of benzene rings is 1. The van der Waals surface area contributed by atoms with E-state index in [1.54, 1.807) is 0 Å². The van der Waals surface area contributed by atoms with Gasteiger partial charge in [0.15, 0.2) is 0 Å². The summed E-state index contributed by atoms with van der Waals surface area (Å²) in [7, 11) is 0. The Morgan fingerprint density at radius 2 is 1.77 bits per heavy atom. The van der Waals surface area contributed by atoms with Crippen molar-refractivity contribution in [2.75, 3.05) is 26.2 Å². The van der Waals surface area contributed by atoms with E-state index < -0.39 is 0 Å². The number of likely N-dealkylation sites (tertiary alicyclic amines) is 1. The molecule has 0 aliphatic carbocycles. The fourth-order valence-electron chi connectivity index (χ4n) is 2.95.